The lowest BCUT2D eigenvalue weighted by atomic mass is 10.1. The van der Waals surface area contributed by atoms with Gasteiger partial charge in [0.2, 0.25) is 0 Å². The maximum absolute atomic E-state index is 5.47. The van der Waals surface area contributed by atoms with Crippen molar-refractivity contribution in [2.45, 2.75) is 0 Å². The van der Waals surface area contributed by atoms with E-state index in [4.69, 9.17) is 4.98 Å². The van der Waals surface area contributed by atoms with Gasteiger partial charge in [-0.05, 0) is 109 Å². The summed E-state index contributed by atoms with van der Waals surface area (Å²) >= 11 is 1.74. The standard InChI is InChI=1S/C59H39N5S/c1-5-17-40(18-6-1)61(44-29-32-49-47-25-13-15-27-53(47)63(55(49)37-44)42-21-9-3-10-22-42)46-31-34-51-52-35-36-58(60-59(52)65-57(51)39-46)62(41-19-7-2-8-20-41)45-30-33-50-48-26-14-16-28-54(48)64(56(50)38-45)43-23-11-4-12-24-43/h1-39H. The van der Waals surface area contributed by atoms with E-state index in [0.29, 0.717) is 0 Å². The molecule has 0 aliphatic carbocycles. The fourth-order valence-electron chi connectivity index (χ4n) is 9.82. The third kappa shape index (κ3) is 6.10. The Morgan fingerprint density at radius 3 is 1.28 bits per heavy atom. The number of rotatable bonds is 8. The number of aromatic nitrogens is 3. The molecule has 5 nitrogen and oxygen atoms in total. The van der Waals surface area contributed by atoms with Crippen molar-refractivity contribution in [2.75, 3.05) is 9.80 Å². The Balaban J connectivity index is 0.949. The fraction of sp³-hybridized carbons (Fsp3) is 0. The van der Waals surface area contributed by atoms with E-state index in [-0.39, 0.29) is 0 Å². The van der Waals surface area contributed by atoms with Crippen LogP contribution in [0.25, 0.3) is 75.3 Å². The highest BCUT2D eigenvalue weighted by Crippen LogP contribution is 2.44. The molecule has 0 aliphatic heterocycles. The summed E-state index contributed by atoms with van der Waals surface area (Å²) < 4.78 is 5.94. The number of para-hydroxylation sites is 6. The van der Waals surface area contributed by atoms with Crippen LogP contribution in [-0.4, -0.2) is 14.1 Å². The molecule has 4 heterocycles. The van der Waals surface area contributed by atoms with Gasteiger partial charge in [0.25, 0.3) is 0 Å². The van der Waals surface area contributed by atoms with E-state index >= 15 is 0 Å². The summed E-state index contributed by atoms with van der Waals surface area (Å²) in [5, 5.41) is 7.26. The number of thiophene rings is 1. The second kappa shape index (κ2) is 15.1. The number of anilines is 6. The number of fused-ring (bicyclic) bond motifs is 9. The first-order chi connectivity index (χ1) is 32.2. The Morgan fingerprint density at radius 2 is 0.723 bits per heavy atom. The second-order valence-corrected chi connectivity index (χ2v) is 17.5. The molecule has 13 aromatic rings. The van der Waals surface area contributed by atoms with Crippen LogP contribution in [0.1, 0.15) is 0 Å². The van der Waals surface area contributed by atoms with Crippen LogP contribution in [0.3, 0.4) is 0 Å². The minimum Gasteiger partial charge on any atom is -0.310 e. The third-order valence-corrected chi connectivity index (χ3v) is 13.7. The van der Waals surface area contributed by atoms with Crippen LogP contribution in [-0.2, 0) is 0 Å². The summed E-state index contributed by atoms with van der Waals surface area (Å²) in [6.07, 6.45) is 0. The van der Waals surface area contributed by atoms with Gasteiger partial charge in [-0.3, -0.25) is 4.90 Å². The van der Waals surface area contributed by atoms with Crippen molar-refractivity contribution < 1.29 is 0 Å². The van der Waals surface area contributed by atoms with Gasteiger partial charge in [-0.15, -0.1) is 11.3 Å². The molecule has 0 spiro atoms. The van der Waals surface area contributed by atoms with E-state index in [0.717, 1.165) is 61.4 Å². The SMILES string of the molecule is c1ccc(N(c2ccc3c(c2)sc2nc(N(c4ccccc4)c4ccc5c6ccccc6n(-c6ccccc6)c5c4)ccc23)c2ccc3c4ccccc4n(-c4ccccc4)c3c2)cc1. The van der Waals surface area contributed by atoms with E-state index < -0.39 is 0 Å². The lowest BCUT2D eigenvalue weighted by molar-refractivity contribution is 1.17. The van der Waals surface area contributed by atoms with Gasteiger partial charge in [-0.2, -0.15) is 0 Å². The van der Waals surface area contributed by atoms with Crippen LogP contribution in [0, 0.1) is 0 Å². The normalized spacial score (nSPS) is 11.7. The fourth-order valence-corrected chi connectivity index (χ4v) is 10.9. The highest BCUT2D eigenvalue weighted by molar-refractivity contribution is 7.25. The Bertz CT molecular complexity index is 3640. The van der Waals surface area contributed by atoms with Gasteiger partial charge in [0.05, 0.1) is 22.1 Å². The number of nitrogens with zero attached hydrogens (tertiary/aromatic N) is 5. The van der Waals surface area contributed by atoms with Gasteiger partial charge >= 0.3 is 0 Å². The number of hydrogen-bond donors (Lipinski definition) is 0. The Morgan fingerprint density at radius 1 is 0.308 bits per heavy atom. The van der Waals surface area contributed by atoms with Gasteiger partial charge < -0.3 is 14.0 Å². The molecule has 0 unspecified atom stereocenters. The molecule has 4 aromatic heterocycles. The zero-order chi connectivity index (χ0) is 42.8. The second-order valence-electron chi connectivity index (χ2n) is 16.4. The largest absolute Gasteiger partial charge is 0.310 e. The summed E-state index contributed by atoms with van der Waals surface area (Å²) in [5.41, 5.74) is 12.3. The molecule has 0 saturated heterocycles. The lowest BCUT2D eigenvalue weighted by Crippen LogP contribution is -2.11. The molecule has 0 radical (unpaired) electrons. The van der Waals surface area contributed by atoms with Crippen LogP contribution in [0.5, 0.6) is 0 Å². The van der Waals surface area contributed by atoms with E-state index in [1.807, 2.05) is 0 Å². The van der Waals surface area contributed by atoms with Gasteiger partial charge in [0, 0.05) is 76.8 Å². The van der Waals surface area contributed by atoms with Crippen molar-refractivity contribution in [1.29, 1.82) is 0 Å². The minimum atomic E-state index is 0.866. The Labute approximate surface area is 379 Å². The van der Waals surface area contributed by atoms with Crippen molar-refractivity contribution >= 4 is 110 Å². The average Bonchev–Trinajstić information content (AvgIpc) is 4.02. The predicted molar refractivity (Wildman–Crippen MR) is 275 cm³/mol. The molecular weight excluding hydrogens is 811 g/mol. The third-order valence-electron chi connectivity index (χ3n) is 12.7. The highest BCUT2D eigenvalue weighted by atomic mass is 32.1. The molecule has 0 bridgehead atoms. The quantitative estimate of drug-likeness (QED) is 0.153. The number of hydrogen-bond acceptors (Lipinski definition) is 4. The summed E-state index contributed by atoms with van der Waals surface area (Å²) in [6, 6.07) is 84.9. The van der Waals surface area contributed by atoms with Crippen molar-refractivity contribution in [3.8, 4) is 11.4 Å². The van der Waals surface area contributed by atoms with Gasteiger partial charge in [-0.1, -0.05) is 127 Å². The molecule has 0 atom stereocenters. The first-order valence-corrected chi connectivity index (χ1v) is 22.8. The molecule has 0 N–H and O–H groups in total. The molecule has 65 heavy (non-hydrogen) atoms. The lowest BCUT2D eigenvalue weighted by Gasteiger charge is -2.26. The maximum atomic E-state index is 5.47. The molecule has 13 rings (SSSR count). The predicted octanol–water partition coefficient (Wildman–Crippen LogP) is 16.6. The molecule has 0 aliphatic rings. The van der Waals surface area contributed by atoms with Gasteiger partial charge in [0.15, 0.2) is 0 Å². The molecule has 9 aromatic carbocycles. The molecular formula is C59H39N5S. The minimum absolute atomic E-state index is 0.866. The van der Waals surface area contributed by atoms with Crippen molar-refractivity contribution in [2.24, 2.45) is 0 Å². The first-order valence-electron chi connectivity index (χ1n) is 22.0. The van der Waals surface area contributed by atoms with Crippen LogP contribution in [0.15, 0.2) is 237 Å². The maximum Gasteiger partial charge on any atom is 0.139 e. The number of benzene rings is 9. The Kier molecular flexibility index (Phi) is 8.64. The van der Waals surface area contributed by atoms with E-state index in [2.05, 4.69) is 256 Å². The monoisotopic (exact) mass is 849 g/mol. The van der Waals surface area contributed by atoms with Crippen LogP contribution < -0.4 is 9.80 Å². The zero-order valence-corrected chi connectivity index (χ0v) is 36.0. The molecule has 0 fully saturated rings. The van der Waals surface area contributed by atoms with Crippen LogP contribution >= 0.6 is 11.3 Å². The molecule has 6 heteroatoms. The van der Waals surface area contributed by atoms with Gasteiger partial charge in [-0.25, -0.2) is 4.98 Å². The van der Waals surface area contributed by atoms with Crippen LogP contribution in [0.4, 0.5) is 34.3 Å². The molecule has 0 saturated carbocycles. The number of pyridine rings is 1. The molecule has 306 valence electrons. The Hall–Kier alpha value is -8.45. The highest BCUT2D eigenvalue weighted by Gasteiger charge is 2.21. The van der Waals surface area contributed by atoms with Crippen molar-refractivity contribution in [3.63, 3.8) is 0 Å². The summed E-state index contributed by atoms with van der Waals surface area (Å²) in [6.45, 7) is 0. The summed E-state index contributed by atoms with van der Waals surface area (Å²) in [7, 11) is 0. The van der Waals surface area contributed by atoms with Crippen LogP contribution in [0.2, 0.25) is 0 Å². The molecule has 0 amide bonds. The van der Waals surface area contributed by atoms with Crippen molar-refractivity contribution in [1.82, 2.24) is 14.1 Å². The summed E-state index contributed by atoms with van der Waals surface area (Å²) in [5.74, 6) is 0.866. The topological polar surface area (TPSA) is 29.2 Å². The van der Waals surface area contributed by atoms with E-state index in [1.54, 1.807) is 11.3 Å². The van der Waals surface area contributed by atoms with Gasteiger partial charge in [0.1, 0.15) is 10.6 Å². The first kappa shape index (κ1) is 37.1. The smallest absolute Gasteiger partial charge is 0.139 e. The van der Waals surface area contributed by atoms with Crippen molar-refractivity contribution in [3.05, 3.63) is 237 Å². The average molecular weight is 850 g/mol. The zero-order valence-electron chi connectivity index (χ0n) is 35.2. The summed E-state index contributed by atoms with van der Waals surface area (Å²) in [4.78, 5) is 11.1. The van der Waals surface area contributed by atoms with E-state index in [1.165, 1.54) is 48.2 Å². The van der Waals surface area contributed by atoms with E-state index in [9.17, 15) is 0 Å².